The first-order valence-electron chi connectivity index (χ1n) is 19.3. The molecule has 2 unspecified atom stereocenters. The van der Waals surface area contributed by atoms with Crippen LogP contribution in [0.15, 0.2) is 170 Å². The van der Waals surface area contributed by atoms with Crippen LogP contribution in [-0.4, -0.2) is 15.6 Å². The average Bonchev–Trinajstić information content (AvgIpc) is 3.67. The van der Waals surface area contributed by atoms with E-state index in [0.29, 0.717) is 12.0 Å². The molecular weight excluding hydrogens is 655 g/mol. The predicted octanol–water partition coefficient (Wildman–Crippen LogP) is 13.2. The topological polar surface area (TPSA) is 21.1 Å². The Balaban J connectivity index is 1.04. The summed E-state index contributed by atoms with van der Waals surface area (Å²) in [6.45, 7) is 7.20. The molecule has 0 amide bonds. The fraction of sp³-hybridized carbons (Fsp3) is 0.157. The van der Waals surface area contributed by atoms with Crippen LogP contribution in [0.25, 0.3) is 55.3 Å². The Hall–Kier alpha value is -6.19. The molecule has 0 saturated heterocycles. The third-order valence-corrected chi connectivity index (χ3v) is 12.2. The normalized spacial score (nSPS) is 17.3. The zero-order valence-electron chi connectivity index (χ0n) is 31.1. The lowest BCUT2D eigenvalue weighted by Crippen LogP contribution is -2.38. The molecule has 2 aliphatic carbocycles. The van der Waals surface area contributed by atoms with Crippen LogP contribution < -0.4 is 4.90 Å². The minimum atomic E-state index is -0.0642. The van der Waals surface area contributed by atoms with Crippen LogP contribution in [0.4, 0.5) is 11.4 Å². The van der Waals surface area contributed by atoms with E-state index in [4.69, 9.17) is 0 Å². The second-order valence-electron chi connectivity index (χ2n) is 15.7. The lowest BCUT2D eigenvalue weighted by atomic mass is 9.80. The summed E-state index contributed by atoms with van der Waals surface area (Å²) in [5.41, 5.74) is 16.7. The van der Waals surface area contributed by atoms with Gasteiger partial charge in [0.1, 0.15) is 0 Å². The molecule has 0 N–H and O–H groups in total. The maximum Gasteiger partial charge on any atom is 0.0541 e. The summed E-state index contributed by atoms with van der Waals surface area (Å²) in [5, 5.41) is 2.60. The highest BCUT2D eigenvalue weighted by molar-refractivity contribution is 6.10. The minimum Gasteiger partial charge on any atom is -0.338 e. The summed E-state index contributed by atoms with van der Waals surface area (Å²) in [6.07, 6.45) is 8.28. The van der Waals surface area contributed by atoms with E-state index in [1.165, 1.54) is 77.8 Å². The Kier molecular flexibility index (Phi) is 7.66. The van der Waals surface area contributed by atoms with E-state index in [0.717, 1.165) is 18.4 Å². The molecule has 0 fully saturated rings. The van der Waals surface area contributed by atoms with Crippen molar-refractivity contribution in [1.29, 1.82) is 0 Å². The van der Waals surface area contributed by atoms with Crippen molar-refractivity contribution in [3.63, 3.8) is 0 Å². The van der Waals surface area contributed by atoms with Gasteiger partial charge in [0.2, 0.25) is 0 Å². The number of hydrogen-bond acceptors (Lipinski definition) is 2. The molecule has 10 rings (SSSR count). The maximum absolute atomic E-state index is 4.37. The molecule has 3 nitrogen and oxygen atoms in total. The summed E-state index contributed by atoms with van der Waals surface area (Å²) >= 11 is 0. The molecule has 2 aromatic heterocycles. The summed E-state index contributed by atoms with van der Waals surface area (Å²) in [4.78, 5) is 7.00. The molecule has 8 aromatic rings. The lowest BCUT2D eigenvalue weighted by molar-refractivity contribution is 0.446. The quantitative estimate of drug-likeness (QED) is 0.172. The van der Waals surface area contributed by atoms with Crippen LogP contribution in [0.5, 0.6) is 0 Å². The van der Waals surface area contributed by atoms with Crippen molar-refractivity contribution in [2.75, 3.05) is 4.90 Å². The highest BCUT2D eigenvalue weighted by Crippen LogP contribution is 2.51. The van der Waals surface area contributed by atoms with Gasteiger partial charge in [-0.25, -0.2) is 0 Å². The zero-order chi connectivity index (χ0) is 36.4. The van der Waals surface area contributed by atoms with Crippen LogP contribution in [0, 0.1) is 5.92 Å². The number of nitrogens with zero attached hydrogens (tertiary/aromatic N) is 3. The Morgan fingerprint density at radius 1 is 0.611 bits per heavy atom. The molecule has 2 atom stereocenters. The third-order valence-electron chi connectivity index (χ3n) is 12.2. The van der Waals surface area contributed by atoms with Crippen LogP contribution in [0.2, 0.25) is 0 Å². The van der Waals surface area contributed by atoms with E-state index in [1.807, 2.05) is 18.5 Å². The maximum atomic E-state index is 4.37. The van der Waals surface area contributed by atoms with Gasteiger partial charge >= 0.3 is 0 Å². The fourth-order valence-electron chi connectivity index (χ4n) is 9.41. The van der Waals surface area contributed by atoms with Gasteiger partial charge in [0.05, 0.1) is 11.0 Å². The molecule has 6 aromatic carbocycles. The predicted molar refractivity (Wildman–Crippen MR) is 227 cm³/mol. The van der Waals surface area contributed by atoms with Crippen molar-refractivity contribution >= 4 is 38.8 Å². The molecule has 262 valence electrons. The number of para-hydroxylation sites is 2. The number of allylic oxidation sites excluding steroid dienone is 1. The van der Waals surface area contributed by atoms with Crippen molar-refractivity contribution < 1.29 is 0 Å². The highest BCUT2D eigenvalue weighted by atomic mass is 15.2. The second-order valence-corrected chi connectivity index (χ2v) is 15.7. The fourth-order valence-corrected chi connectivity index (χ4v) is 9.41. The van der Waals surface area contributed by atoms with E-state index in [1.54, 1.807) is 0 Å². The van der Waals surface area contributed by atoms with Gasteiger partial charge < -0.3 is 9.47 Å². The van der Waals surface area contributed by atoms with Gasteiger partial charge in [0, 0.05) is 51.7 Å². The highest BCUT2D eigenvalue weighted by Gasteiger charge is 2.37. The van der Waals surface area contributed by atoms with Crippen molar-refractivity contribution in [1.82, 2.24) is 9.55 Å². The first-order valence-corrected chi connectivity index (χ1v) is 19.3. The van der Waals surface area contributed by atoms with Crippen molar-refractivity contribution in [3.8, 4) is 27.9 Å². The summed E-state index contributed by atoms with van der Waals surface area (Å²) in [7, 11) is 0. The van der Waals surface area contributed by atoms with E-state index in [-0.39, 0.29) is 5.41 Å². The number of rotatable bonds is 6. The number of hydrogen-bond donors (Lipinski definition) is 0. The van der Waals surface area contributed by atoms with Crippen LogP contribution >= 0.6 is 0 Å². The monoisotopic (exact) mass is 697 g/mol. The van der Waals surface area contributed by atoms with E-state index in [2.05, 4.69) is 187 Å². The van der Waals surface area contributed by atoms with Gasteiger partial charge in [-0.3, -0.25) is 4.98 Å². The number of pyridine rings is 1. The van der Waals surface area contributed by atoms with Gasteiger partial charge in [-0.1, -0.05) is 118 Å². The molecule has 2 heterocycles. The van der Waals surface area contributed by atoms with Gasteiger partial charge in [-0.2, -0.15) is 0 Å². The standard InChI is InChI=1S/C51H43N3/c1-34-30-36(37-22-28-50-45(31-37)44-16-8-10-18-49(44)54(50)39-13-5-4-6-14-39)21-27-48(34)53(40-23-19-35(20-24-40)38-12-11-29-52-33-38)41-25-26-43-42-15-7-9-17-46(42)51(2,3)47(43)32-41/h4-26,28-29,31-34,48H,27,30H2,1-3H3. The van der Waals surface area contributed by atoms with E-state index >= 15 is 0 Å². The molecule has 0 radical (unpaired) electrons. The third kappa shape index (κ3) is 5.21. The second kappa shape index (κ2) is 12.7. The number of aromatic nitrogens is 2. The minimum absolute atomic E-state index is 0.0642. The van der Waals surface area contributed by atoms with Crippen molar-refractivity contribution in [3.05, 3.63) is 187 Å². The average molecular weight is 698 g/mol. The van der Waals surface area contributed by atoms with Crippen LogP contribution in [-0.2, 0) is 5.41 Å². The Morgan fingerprint density at radius 2 is 1.33 bits per heavy atom. The van der Waals surface area contributed by atoms with Crippen LogP contribution in [0.1, 0.15) is 50.3 Å². The molecule has 2 aliphatic rings. The zero-order valence-corrected chi connectivity index (χ0v) is 31.1. The van der Waals surface area contributed by atoms with E-state index < -0.39 is 0 Å². The van der Waals surface area contributed by atoms with Gasteiger partial charge in [0.25, 0.3) is 0 Å². The molecular formula is C51H43N3. The summed E-state index contributed by atoms with van der Waals surface area (Å²) < 4.78 is 2.40. The smallest absolute Gasteiger partial charge is 0.0541 e. The Morgan fingerprint density at radius 3 is 2.15 bits per heavy atom. The molecule has 0 spiro atoms. The Bertz CT molecular complexity index is 2700. The summed E-state index contributed by atoms with van der Waals surface area (Å²) in [6, 6.07) is 56.3. The van der Waals surface area contributed by atoms with Gasteiger partial charge in [-0.15, -0.1) is 0 Å². The SMILES string of the molecule is CC1CC(c2ccc3c(c2)c2ccccc2n3-c2ccccc2)=CCC1N(c1ccc(-c2cccnc2)cc1)c1ccc2c(c1)C(C)(C)c1ccccc1-2. The van der Waals surface area contributed by atoms with Gasteiger partial charge in [0.15, 0.2) is 0 Å². The molecule has 0 bridgehead atoms. The van der Waals surface area contributed by atoms with E-state index in [9.17, 15) is 0 Å². The molecule has 0 saturated carbocycles. The van der Waals surface area contributed by atoms with Crippen LogP contribution in [0.3, 0.4) is 0 Å². The number of anilines is 2. The lowest BCUT2D eigenvalue weighted by Gasteiger charge is -2.40. The largest absolute Gasteiger partial charge is 0.338 e. The molecule has 54 heavy (non-hydrogen) atoms. The number of benzene rings is 6. The Labute approximate surface area is 317 Å². The van der Waals surface area contributed by atoms with Gasteiger partial charge in [-0.05, 0) is 124 Å². The first kappa shape index (κ1) is 32.5. The summed E-state index contributed by atoms with van der Waals surface area (Å²) in [5.74, 6) is 0.419. The molecule has 3 heteroatoms. The molecule has 0 aliphatic heterocycles. The number of fused-ring (bicyclic) bond motifs is 6. The van der Waals surface area contributed by atoms with Crippen molar-refractivity contribution in [2.24, 2.45) is 5.92 Å². The first-order chi connectivity index (χ1) is 26.5. The van der Waals surface area contributed by atoms with Crippen molar-refractivity contribution in [2.45, 2.75) is 45.1 Å².